The summed E-state index contributed by atoms with van der Waals surface area (Å²) >= 11 is 0. The molecule has 4 N–H and O–H groups in total. The number of nitrogens with one attached hydrogen (secondary N) is 1. The zero-order valence-corrected chi connectivity index (χ0v) is 22.7. The zero-order valence-electron chi connectivity index (χ0n) is 21.9. The van der Waals surface area contributed by atoms with Gasteiger partial charge in [-0.3, -0.25) is 0 Å². The minimum absolute atomic E-state index is 0. The van der Waals surface area contributed by atoms with Crippen LogP contribution in [0.5, 0.6) is 5.75 Å². The minimum Gasteiger partial charge on any atom is -0.497 e. The Labute approximate surface area is 223 Å². The third-order valence-corrected chi connectivity index (χ3v) is 7.33. The Bertz CT molecular complexity index is 1510. The summed E-state index contributed by atoms with van der Waals surface area (Å²) in [5, 5.41) is 4.73. The Hall–Kier alpha value is -4.15. The molecular weight excluding hydrogens is 504 g/mol. The second-order valence-corrected chi connectivity index (χ2v) is 10.3. The third kappa shape index (κ3) is 6.39. The number of ether oxygens (including phenoxy) is 2. The van der Waals surface area contributed by atoms with Crippen LogP contribution in [0, 0.1) is 20.8 Å². The van der Waals surface area contributed by atoms with Gasteiger partial charge in [0.1, 0.15) is 5.75 Å². The summed E-state index contributed by atoms with van der Waals surface area (Å²) in [5.74, 6) is 0.789. The number of benzene rings is 3. The number of methoxy groups -OCH3 is 1. The molecule has 1 amide bonds. The Morgan fingerprint density at radius 2 is 1.66 bits per heavy atom. The van der Waals surface area contributed by atoms with E-state index in [1.165, 1.54) is 12.1 Å². The third-order valence-electron chi connectivity index (χ3n) is 6.00. The molecule has 0 bridgehead atoms. The molecule has 9 nitrogen and oxygen atoms in total. The summed E-state index contributed by atoms with van der Waals surface area (Å²) < 4.78 is 38.9. The van der Waals surface area contributed by atoms with E-state index >= 15 is 0 Å². The highest BCUT2D eigenvalue weighted by Gasteiger charge is 2.18. The van der Waals surface area contributed by atoms with Crippen molar-refractivity contribution in [1.29, 1.82) is 0 Å². The average Bonchev–Trinajstić information content (AvgIpc) is 3.18. The Morgan fingerprint density at radius 3 is 2.32 bits per heavy atom. The van der Waals surface area contributed by atoms with Crippen LogP contribution in [0.1, 0.15) is 22.5 Å². The van der Waals surface area contributed by atoms with Crippen molar-refractivity contribution < 1.29 is 22.7 Å². The molecule has 0 fully saturated rings. The number of hydrogen-bond acceptors (Lipinski definition) is 7. The van der Waals surface area contributed by atoms with Crippen LogP contribution >= 0.6 is 0 Å². The fourth-order valence-corrected chi connectivity index (χ4v) is 4.96. The van der Waals surface area contributed by atoms with Gasteiger partial charge in [0.15, 0.2) is 0 Å². The quantitative estimate of drug-likeness (QED) is 0.312. The van der Waals surface area contributed by atoms with Crippen LogP contribution in [0.25, 0.3) is 16.8 Å². The van der Waals surface area contributed by atoms with Gasteiger partial charge in [-0.05, 0) is 68.3 Å². The molecule has 10 heteroatoms. The van der Waals surface area contributed by atoms with Crippen molar-refractivity contribution in [1.82, 2.24) is 20.7 Å². The lowest BCUT2D eigenvalue weighted by Crippen LogP contribution is -2.31. The van der Waals surface area contributed by atoms with E-state index in [0.717, 1.165) is 45.1 Å². The van der Waals surface area contributed by atoms with Crippen LogP contribution in [0.2, 0.25) is 0 Å². The van der Waals surface area contributed by atoms with Gasteiger partial charge in [-0.15, -0.1) is 0 Å². The molecule has 1 heterocycles. The molecule has 0 aliphatic heterocycles. The maximum Gasteiger partial charge on any atom is 0.421 e. The predicted octanol–water partition coefficient (Wildman–Crippen LogP) is 5.29. The number of rotatable bonds is 8. The van der Waals surface area contributed by atoms with Gasteiger partial charge < -0.3 is 15.6 Å². The van der Waals surface area contributed by atoms with Crippen molar-refractivity contribution in [3.63, 3.8) is 0 Å². The predicted molar refractivity (Wildman–Crippen MR) is 147 cm³/mol. The first kappa shape index (κ1) is 28.4. The topological polar surface area (TPSA) is 135 Å². The number of nitrogens with zero attached hydrogens (tertiary/aromatic N) is 2. The summed E-state index contributed by atoms with van der Waals surface area (Å²) in [5.41, 5.74) is 6.78. The van der Waals surface area contributed by atoms with Crippen LogP contribution in [-0.2, 0) is 21.2 Å². The molecule has 4 aromatic rings. The van der Waals surface area contributed by atoms with Gasteiger partial charge in [0, 0.05) is 17.7 Å². The average molecular weight is 537 g/mol. The lowest BCUT2D eigenvalue weighted by molar-refractivity contribution is 0.154. The molecule has 0 spiro atoms. The van der Waals surface area contributed by atoms with E-state index in [9.17, 15) is 13.2 Å². The first-order valence-corrected chi connectivity index (χ1v) is 13.2. The Kier molecular flexibility index (Phi) is 8.92. The van der Waals surface area contributed by atoms with Crippen molar-refractivity contribution in [3.8, 4) is 22.6 Å². The van der Waals surface area contributed by atoms with Crippen molar-refractivity contribution in [2.75, 3.05) is 13.7 Å². The molecule has 0 saturated carbocycles. The molecule has 0 unspecified atom stereocenters. The van der Waals surface area contributed by atoms with Gasteiger partial charge in [0.05, 0.1) is 30.0 Å². The number of hydrogen-bond donors (Lipinski definition) is 2. The van der Waals surface area contributed by atoms with Crippen molar-refractivity contribution in [2.24, 2.45) is 0 Å². The molecule has 200 valence electrons. The molecule has 38 heavy (non-hydrogen) atoms. The van der Waals surface area contributed by atoms with E-state index in [1.54, 1.807) is 19.2 Å². The second kappa shape index (κ2) is 11.9. The normalized spacial score (nSPS) is 10.9. The molecule has 0 saturated heterocycles. The summed E-state index contributed by atoms with van der Waals surface area (Å²) in [6.45, 7) is 5.89. The van der Waals surface area contributed by atoms with Crippen LogP contribution in [0.4, 0.5) is 4.79 Å². The number of sulfonamides is 1. The van der Waals surface area contributed by atoms with Gasteiger partial charge in [0.2, 0.25) is 0 Å². The highest BCUT2D eigenvalue weighted by Crippen LogP contribution is 2.31. The van der Waals surface area contributed by atoms with E-state index in [2.05, 4.69) is 0 Å². The van der Waals surface area contributed by atoms with Crippen molar-refractivity contribution in [2.45, 2.75) is 32.1 Å². The minimum atomic E-state index is -3.98. The maximum absolute atomic E-state index is 12.3. The van der Waals surface area contributed by atoms with E-state index in [0.29, 0.717) is 6.42 Å². The molecule has 0 atom stereocenters. The highest BCUT2D eigenvalue weighted by atomic mass is 32.2. The van der Waals surface area contributed by atoms with E-state index in [1.807, 2.05) is 78.7 Å². The van der Waals surface area contributed by atoms with E-state index < -0.39 is 16.1 Å². The monoisotopic (exact) mass is 536 g/mol. The molecule has 0 aliphatic carbocycles. The van der Waals surface area contributed by atoms with Gasteiger partial charge in [-0.1, -0.05) is 42.0 Å². The lowest BCUT2D eigenvalue weighted by atomic mass is 10.0. The SMILES string of the molecule is COc1cccc(-c2c(C)nn(-c3ccc(CCOC(=O)NS(=O)(=O)c4ccc(C)cc4)cc3)c2C)c1.N. The van der Waals surface area contributed by atoms with Crippen LogP contribution < -0.4 is 15.6 Å². The largest absolute Gasteiger partial charge is 0.497 e. The number of amides is 1. The molecular formula is C28H32N4O5S. The van der Waals surface area contributed by atoms with E-state index in [4.69, 9.17) is 14.6 Å². The maximum atomic E-state index is 12.3. The fraction of sp³-hybridized carbons (Fsp3) is 0.214. The second-order valence-electron chi connectivity index (χ2n) is 8.66. The zero-order chi connectivity index (χ0) is 26.6. The van der Waals surface area contributed by atoms with Crippen LogP contribution in [0.15, 0.2) is 77.7 Å². The molecule has 3 aromatic carbocycles. The summed E-state index contributed by atoms with van der Waals surface area (Å²) in [4.78, 5) is 12.0. The molecule has 0 aliphatic rings. The highest BCUT2D eigenvalue weighted by molar-refractivity contribution is 7.90. The molecule has 1 aromatic heterocycles. The summed E-state index contributed by atoms with van der Waals surface area (Å²) in [6.07, 6.45) is -0.574. The standard InChI is InChI=1S/C28H29N3O5S.H3N/c1-19-8-14-26(15-9-19)37(33,34)30-28(32)36-17-16-22-10-12-24(13-11-22)31-21(3)27(20(2)29-31)23-6-5-7-25(18-23)35-4;/h5-15,18H,16-17H2,1-4H3,(H,30,32);1H3. The van der Waals surface area contributed by atoms with Gasteiger partial charge in [-0.25, -0.2) is 22.6 Å². The fourth-order valence-electron chi connectivity index (χ4n) is 4.07. The number of carbonyl (C=O) groups is 1. The lowest BCUT2D eigenvalue weighted by Gasteiger charge is -2.09. The van der Waals surface area contributed by atoms with Gasteiger partial charge >= 0.3 is 6.09 Å². The van der Waals surface area contributed by atoms with Gasteiger partial charge in [0.25, 0.3) is 10.0 Å². The van der Waals surface area contributed by atoms with Crippen LogP contribution in [-0.4, -0.2) is 38.0 Å². The number of carbonyl (C=O) groups excluding carboxylic acids is 1. The first-order valence-electron chi connectivity index (χ1n) is 11.7. The number of aromatic nitrogens is 2. The van der Waals surface area contributed by atoms with E-state index in [-0.39, 0.29) is 17.7 Å². The van der Waals surface area contributed by atoms with Crippen LogP contribution in [0.3, 0.4) is 0 Å². The van der Waals surface area contributed by atoms with Crippen molar-refractivity contribution in [3.05, 3.63) is 95.3 Å². The van der Waals surface area contributed by atoms with Gasteiger partial charge in [-0.2, -0.15) is 5.10 Å². The number of aryl methyl sites for hydroxylation is 2. The molecule has 0 radical (unpaired) electrons. The van der Waals surface area contributed by atoms with Crippen molar-refractivity contribution >= 4 is 16.1 Å². The summed E-state index contributed by atoms with van der Waals surface area (Å²) in [7, 11) is -2.33. The smallest absolute Gasteiger partial charge is 0.421 e. The first-order chi connectivity index (χ1) is 17.7. The Balaban J connectivity index is 0.00000400. The Morgan fingerprint density at radius 1 is 0.974 bits per heavy atom. The summed E-state index contributed by atoms with van der Waals surface area (Å²) in [6, 6.07) is 21.9. The molecule has 4 rings (SSSR count).